The molecule has 10 heteroatoms. The minimum Gasteiger partial charge on any atom is -0.756 e. The molecule has 0 aliphatic carbocycles. The summed E-state index contributed by atoms with van der Waals surface area (Å²) in [6, 6.07) is 0. The van der Waals surface area contributed by atoms with Crippen LogP contribution in [0.4, 0.5) is 0 Å². The van der Waals surface area contributed by atoms with Crippen LogP contribution in [0.2, 0.25) is 0 Å². The second kappa shape index (κ2) is 59.3. The predicted octanol–water partition coefficient (Wildman–Crippen LogP) is 20.4. The number of likely N-dealkylation sites (N-methyl/N-ethyl adjacent to an activating group) is 1. The van der Waals surface area contributed by atoms with Crippen LogP contribution in [0.25, 0.3) is 0 Å². The first-order valence-corrected chi connectivity index (χ1v) is 34.5. The summed E-state index contributed by atoms with van der Waals surface area (Å²) in [5, 5.41) is 0. The first-order valence-electron chi connectivity index (χ1n) is 33.0. The van der Waals surface area contributed by atoms with Gasteiger partial charge >= 0.3 is 11.9 Å². The molecule has 0 radical (unpaired) electrons. The molecular weight excluding hydrogens is 990 g/mol. The lowest BCUT2D eigenvalue weighted by molar-refractivity contribution is -0.870. The zero-order chi connectivity index (χ0) is 57.0. The number of hydrogen-bond donors (Lipinski definition) is 0. The number of carbonyl (C=O) groups is 2. The van der Waals surface area contributed by atoms with E-state index in [-0.39, 0.29) is 32.0 Å². The lowest BCUT2D eigenvalue weighted by Gasteiger charge is -2.28. The van der Waals surface area contributed by atoms with Crippen LogP contribution in [-0.2, 0) is 32.7 Å². The first kappa shape index (κ1) is 75.7. The van der Waals surface area contributed by atoms with Crippen LogP contribution >= 0.6 is 7.82 Å². The van der Waals surface area contributed by atoms with Crippen molar-refractivity contribution in [2.24, 2.45) is 0 Å². The Labute approximate surface area is 483 Å². The molecule has 0 saturated heterocycles. The van der Waals surface area contributed by atoms with Gasteiger partial charge in [-0.15, -0.1) is 0 Å². The van der Waals surface area contributed by atoms with Crippen molar-refractivity contribution >= 4 is 19.8 Å². The number of nitrogens with zero attached hydrogens (tertiary/aromatic N) is 1. The number of unbranched alkanes of at least 4 members (excludes halogenated alkanes) is 37. The molecule has 0 aromatic rings. The van der Waals surface area contributed by atoms with Crippen LogP contribution in [0.15, 0.2) is 60.8 Å². The molecule has 0 amide bonds. The van der Waals surface area contributed by atoms with Crippen LogP contribution in [0.3, 0.4) is 0 Å². The molecule has 0 fully saturated rings. The maximum atomic E-state index is 12.8. The predicted molar refractivity (Wildman–Crippen MR) is 333 cm³/mol. The number of hydrogen-bond acceptors (Lipinski definition) is 8. The minimum absolute atomic E-state index is 0.0305. The molecule has 78 heavy (non-hydrogen) atoms. The molecule has 0 spiro atoms. The number of phosphoric ester groups is 1. The lowest BCUT2D eigenvalue weighted by Crippen LogP contribution is -2.37. The monoisotopic (exact) mass is 1120 g/mol. The molecule has 456 valence electrons. The van der Waals surface area contributed by atoms with Crippen LogP contribution in [0, 0.1) is 0 Å². The van der Waals surface area contributed by atoms with Gasteiger partial charge in [0.05, 0.1) is 27.7 Å². The van der Waals surface area contributed by atoms with Crippen LogP contribution in [0.5, 0.6) is 0 Å². The van der Waals surface area contributed by atoms with Crippen molar-refractivity contribution in [2.75, 3.05) is 47.5 Å². The first-order chi connectivity index (χ1) is 38.0. The topological polar surface area (TPSA) is 111 Å². The van der Waals surface area contributed by atoms with Gasteiger partial charge in [0.2, 0.25) is 0 Å². The van der Waals surface area contributed by atoms with Gasteiger partial charge in [0.1, 0.15) is 19.8 Å². The van der Waals surface area contributed by atoms with E-state index >= 15 is 0 Å². The van der Waals surface area contributed by atoms with E-state index in [1.54, 1.807) is 0 Å². The maximum absolute atomic E-state index is 12.8. The van der Waals surface area contributed by atoms with Gasteiger partial charge in [-0.2, -0.15) is 0 Å². The third-order valence-electron chi connectivity index (χ3n) is 14.6. The van der Waals surface area contributed by atoms with Gasteiger partial charge in [0.25, 0.3) is 7.82 Å². The van der Waals surface area contributed by atoms with Crippen molar-refractivity contribution in [1.29, 1.82) is 0 Å². The molecule has 0 saturated carbocycles. The van der Waals surface area contributed by atoms with E-state index in [4.69, 9.17) is 18.5 Å². The standard InChI is InChI=1S/C68H126NO8P/c1-6-8-10-12-14-16-18-20-22-24-26-28-30-32-33-34-35-37-39-41-43-45-47-49-51-53-55-57-59-61-68(71)77-66(65-76-78(72,73)75-63-62-69(3,4)5)64-74-67(70)60-58-56-54-52-50-48-46-44-42-40-38-36-31-29-27-25-23-21-19-17-15-13-11-9-7-2/h8,10,14,16,20,22,26,28,32-33,66H,6-7,9,11-13,15,17-19,21,23-25,27,29-31,34-65H2,1-5H3/b10-8-,16-14-,22-20-,28-26-,33-32-. The van der Waals surface area contributed by atoms with Crippen LogP contribution < -0.4 is 4.89 Å². The van der Waals surface area contributed by atoms with Crippen molar-refractivity contribution < 1.29 is 42.1 Å². The Morgan fingerprint density at radius 3 is 1.09 bits per heavy atom. The van der Waals surface area contributed by atoms with E-state index in [2.05, 4.69) is 74.6 Å². The smallest absolute Gasteiger partial charge is 0.306 e. The zero-order valence-electron chi connectivity index (χ0n) is 51.9. The van der Waals surface area contributed by atoms with Crippen molar-refractivity contribution in [3.8, 4) is 0 Å². The van der Waals surface area contributed by atoms with Gasteiger partial charge in [-0.05, 0) is 57.8 Å². The highest BCUT2D eigenvalue weighted by Crippen LogP contribution is 2.38. The summed E-state index contributed by atoms with van der Waals surface area (Å²) in [5.74, 6) is -0.820. The Hall–Kier alpha value is -2.29. The van der Waals surface area contributed by atoms with Crippen LogP contribution in [-0.4, -0.2) is 70.0 Å². The number of allylic oxidation sites excluding steroid dienone is 10. The molecule has 0 rings (SSSR count). The van der Waals surface area contributed by atoms with Crippen molar-refractivity contribution in [3.63, 3.8) is 0 Å². The van der Waals surface area contributed by atoms with Crippen molar-refractivity contribution in [3.05, 3.63) is 60.8 Å². The fourth-order valence-corrected chi connectivity index (χ4v) is 10.2. The summed E-state index contributed by atoms with van der Waals surface area (Å²) < 4.78 is 34.3. The summed E-state index contributed by atoms with van der Waals surface area (Å²) >= 11 is 0. The number of ether oxygens (including phenoxy) is 2. The summed E-state index contributed by atoms with van der Waals surface area (Å²) in [7, 11) is 1.18. The molecule has 0 aliphatic rings. The summed E-state index contributed by atoms with van der Waals surface area (Å²) in [5.41, 5.74) is 0. The SMILES string of the molecule is CC/C=C\C/C=C\C/C=C\C/C=C\C/C=C\CCCCCCCCCCCCCCCC(=O)OC(COC(=O)CCCCCCCCCCCCCCCCCCCCCCCCCCC)COP(=O)([O-])OCC[N+](C)(C)C. The fourth-order valence-electron chi connectivity index (χ4n) is 9.51. The van der Waals surface area contributed by atoms with Gasteiger partial charge in [-0.3, -0.25) is 14.2 Å². The third-order valence-corrected chi connectivity index (χ3v) is 15.5. The van der Waals surface area contributed by atoms with Crippen molar-refractivity contribution in [2.45, 2.75) is 315 Å². The molecule has 0 aromatic heterocycles. The van der Waals surface area contributed by atoms with Gasteiger partial charge in [-0.25, -0.2) is 0 Å². The highest BCUT2D eigenvalue weighted by molar-refractivity contribution is 7.45. The largest absolute Gasteiger partial charge is 0.756 e. The van der Waals surface area contributed by atoms with E-state index < -0.39 is 26.5 Å². The Bertz CT molecular complexity index is 1500. The average molecular weight is 1120 g/mol. The zero-order valence-corrected chi connectivity index (χ0v) is 52.8. The summed E-state index contributed by atoms with van der Waals surface area (Å²) in [6.45, 7) is 4.18. The highest BCUT2D eigenvalue weighted by atomic mass is 31.2. The van der Waals surface area contributed by atoms with E-state index in [1.165, 1.54) is 205 Å². The molecule has 0 N–H and O–H groups in total. The molecule has 2 atom stereocenters. The number of esters is 2. The van der Waals surface area contributed by atoms with Gasteiger partial charge in [-0.1, -0.05) is 299 Å². The molecule has 0 bridgehead atoms. The molecule has 0 aliphatic heterocycles. The van der Waals surface area contributed by atoms with E-state index in [0.29, 0.717) is 17.4 Å². The van der Waals surface area contributed by atoms with E-state index in [1.807, 2.05) is 21.1 Å². The molecule has 2 unspecified atom stereocenters. The lowest BCUT2D eigenvalue weighted by atomic mass is 10.0. The summed E-state index contributed by atoms with van der Waals surface area (Å²) in [6.07, 6.45) is 77.1. The third kappa shape index (κ3) is 62.9. The molecule has 9 nitrogen and oxygen atoms in total. The normalized spacial score (nSPS) is 13.6. The van der Waals surface area contributed by atoms with E-state index in [9.17, 15) is 19.0 Å². The molecular formula is C68H126NO8P. The Kier molecular flexibility index (Phi) is 57.6. The fraction of sp³-hybridized carbons (Fsp3) is 0.824. The van der Waals surface area contributed by atoms with Gasteiger partial charge in [0, 0.05) is 12.8 Å². The second-order valence-electron chi connectivity index (χ2n) is 23.5. The van der Waals surface area contributed by atoms with Crippen LogP contribution in [0.1, 0.15) is 309 Å². The van der Waals surface area contributed by atoms with Gasteiger partial charge in [0.15, 0.2) is 6.10 Å². The highest BCUT2D eigenvalue weighted by Gasteiger charge is 2.22. The van der Waals surface area contributed by atoms with Crippen molar-refractivity contribution in [1.82, 2.24) is 0 Å². The Morgan fingerprint density at radius 2 is 0.731 bits per heavy atom. The Morgan fingerprint density at radius 1 is 0.410 bits per heavy atom. The average Bonchev–Trinajstić information content (AvgIpc) is 3.41. The molecule has 0 aromatic carbocycles. The molecule has 0 heterocycles. The minimum atomic E-state index is -4.64. The Balaban J connectivity index is 4.06. The maximum Gasteiger partial charge on any atom is 0.306 e. The number of rotatable bonds is 61. The number of carbonyl (C=O) groups excluding carboxylic acids is 2. The summed E-state index contributed by atoms with van der Waals surface area (Å²) in [4.78, 5) is 38.0. The number of phosphoric acid groups is 1. The second-order valence-corrected chi connectivity index (χ2v) is 24.9. The number of quaternary nitrogens is 1. The van der Waals surface area contributed by atoms with E-state index in [0.717, 1.165) is 70.6 Å². The van der Waals surface area contributed by atoms with Gasteiger partial charge < -0.3 is 27.9 Å². The quantitative estimate of drug-likeness (QED) is 0.0195.